The highest BCUT2D eigenvalue weighted by molar-refractivity contribution is 7.10. The summed E-state index contributed by atoms with van der Waals surface area (Å²) >= 11 is 7.78. The number of aryl methyl sites for hydroxylation is 1. The van der Waals surface area contributed by atoms with Gasteiger partial charge in [-0.2, -0.15) is 0 Å². The third-order valence-electron chi connectivity index (χ3n) is 5.88. The van der Waals surface area contributed by atoms with Gasteiger partial charge in [0.2, 0.25) is 5.91 Å². The average Bonchev–Trinajstić information content (AvgIpc) is 3.32. The predicted molar refractivity (Wildman–Crippen MR) is 137 cm³/mol. The number of hydrogen-bond donors (Lipinski definition) is 0. The molecule has 1 aliphatic rings. The molecule has 0 spiro atoms. The lowest BCUT2D eigenvalue weighted by Crippen LogP contribution is -2.47. The number of carbonyl (C=O) groups excluding carboxylic acids is 2. The smallest absolute Gasteiger partial charge is 0.254 e. The van der Waals surface area contributed by atoms with Crippen LogP contribution in [-0.2, 0) is 11.2 Å². The molecule has 3 aromatic rings. The van der Waals surface area contributed by atoms with Crippen molar-refractivity contribution in [1.82, 2.24) is 9.80 Å². The molecule has 2 amide bonds. The minimum Gasteiger partial charge on any atom is -0.491 e. The van der Waals surface area contributed by atoms with Gasteiger partial charge < -0.3 is 14.5 Å². The molecule has 34 heavy (non-hydrogen) atoms. The Balaban J connectivity index is 1.52. The molecule has 2 heterocycles. The summed E-state index contributed by atoms with van der Waals surface area (Å²) in [5, 5.41) is 2.54. The van der Waals surface area contributed by atoms with E-state index in [2.05, 4.69) is 18.0 Å². The second-order valence-electron chi connectivity index (χ2n) is 8.26. The van der Waals surface area contributed by atoms with Crippen molar-refractivity contribution >= 4 is 34.8 Å². The SMILES string of the molecule is C=CCN(CC(=O)N1CCc2sccc2[C@H]1COc1ccc(C)cc1)C(=O)c1cccc(Cl)c1. The molecule has 1 aromatic heterocycles. The standard InChI is InChI=1S/C27H27ClN2O3S/c1-3-13-29(27(32)20-5-4-6-21(28)16-20)17-26(31)30-14-11-25-23(12-15-34-25)24(30)18-33-22-9-7-19(2)8-10-22/h3-10,12,15-16,24H,1,11,13-14,17-18H2,2H3/t24-/m1/s1. The van der Waals surface area contributed by atoms with Crippen LogP contribution in [0.3, 0.4) is 0 Å². The summed E-state index contributed by atoms with van der Waals surface area (Å²) < 4.78 is 6.09. The van der Waals surface area contributed by atoms with Crippen LogP contribution in [-0.4, -0.2) is 47.9 Å². The average molecular weight is 495 g/mol. The monoisotopic (exact) mass is 494 g/mol. The normalized spacial score (nSPS) is 14.9. The van der Waals surface area contributed by atoms with Gasteiger partial charge in [-0.1, -0.05) is 41.4 Å². The van der Waals surface area contributed by atoms with Crippen LogP contribution in [0.25, 0.3) is 0 Å². The van der Waals surface area contributed by atoms with E-state index in [0.717, 1.165) is 23.3 Å². The molecule has 0 radical (unpaired) electrons. The Kier molecular flexibility index (Phi) is 7.70. The van der Waals surface area contributed by atoms with E-state index in [1.807, 2.05) is 36.1 Å². The summed E-state index contributed by atoms with van der Waals surface area (Å²) in [4.78, 5) is 31.2. The fourth-order valence-electron chi connectivity index (χ4n) is 4.12. The van der Waals surface area contributed by atoms with Crippen molar-refractivity contribution in [3.05, 3.63) is 99.2 Å². The molecule has 0 saturated heterocycles. The third-order valence-corrected chi connectivity index (χ3v) is 7.11. The first kappa shape index (κ1) is 24.0. The number of hydrogen-bond acceptors (Lipinski definition) is 4. The maximum atomic E-state index is 13.5. The van der Waals surface area contributed by atoms with Crippen LogP contribution < -0.4 is 4.74 Å². The van der Waals surface area contributed by atoms with E-state index in [1.54, 1.807) is 41.7 Å². The maximum Gasteiger partial charge on any atom is 0.254 e. The number of halogens is 1. The minimum absolute atomic E-state index is 0.0438. The van der Waals surface area contributed by atoms with Crippen LogP contribution in [0.5, 0.6) is 5.75 Å². The molecule has 0 saturated carbocycles. The highest BCUT2D eigenvalue weighted by Crippen LogP contribution is 2.34. The number of nitrogens with zero attached hydrogens (tertiary/aromatic N) is 2. The van der Waals surface area contributed by atoms with Gasteiger partial charge in [-0.15, -0.1) is 17.9 Å². The Bertz CT molecular complexity index is 1170. The topological polar surface area (TPSA) is 49.9 Å². The molecular weight excluding hydrogens is 468 g/mol. The first-order valence-electron chi connectivity index (χ1n) is 11.2. The molecule has 0 bridgehead atoms. The Morgan fingerprint density at radius 2 is 2.03 bits per heavy atom. The van der Waals surface area contributed by atoms with Gasteiger partial charge in [0.05, 0.1) is 6.04 Å². The van der Waals surface area contributed by atoms with Crippen molar-refractivity contribution in [3.8, 4) is 5.75 Å². The summed E-state index contributed by atoms with van der Waals surface area (Å²) in [6, 6.07) is 16.5. The summed E-state index contributed by atoms with van der Waals surface area (Å²) in [6.07, 6.45) is 2.42. The van der Waals surface area contributed by atoms with Gasteiger partial charge >= 0.3 is 0 Å². The Hall–Kier alpha value is -3.09. The fraction of sp³-hybridized carbons (Fsp3) is 0.259. The van der Waals surface area contributed by atoms with Crippen molar-refractivity contribution in [2.75, 3.05) is 26.2 Å². The second kappa shape index (κ2) is 10.9. The third kappa shape index (κ3) is 5.51. The Morgan fingerprint density at radius 3 is 2.76 bits per heavy atom. The summed E-state index contributed by atoms with van der Waals surface area (Å²) in [6.45, 7) is 6.94. The van der Waals surface area contributed by atoms with Gasteiger partial charge in [0.1, 0.15) is 18.9 Å². The fourth-order valence-corrected chi connectivity index (χ4v) is 5.24. The first-order valence-corrected chi connectivity index (χ1v) is 12.4. The molecular formula is C27H27ClN2O3S. The number of benzene rings is 2. The first-order chi connectivity index (χ1) is 16.5. The Labute approximate surface area is 209 Å². The molecule has 2 aromatic carbocycles. The van der Waals surface area contributed by atoms with E-state index in [0.29, 0.717) is 23.7 Å². The van der Waals surface area contributed by atoms with Crippen LogP contribution in [0.15, 0.2) is 72.6 Å². The number of fused-ring (bicyclic) bond motifs is 1. The molecule has 1 atom stereocenters. The molecule has 5 nitrogen and oxygen atoms in total. The molecule has 176 valence electrons. The molecule has 0 fully saturated rings. The van der Waals surface area contributed by atoms with Crippen LogP contribution in [0, 0.1) is 6.92 Å². The van der Waals surface area contributed by atoms with E-state index in [-0.39, 0.29) is 30.9 Å². The quantitative estimate of drug-likeness (QED) is 0.386. The molecule has 0 unspecified atom stereocenters. The summed E-state index contributed by atoms with van der Waals surface area (Å²) in [7, 11) is 0. The number of carbonyl (C=O) groups is 2. The van der Waals surface area contributed by atoms with E-state index in [4.69, 9.17) is 16.3 Å². The number of ether oxygens (including phenoxy) is 1. The van der Waals surface area contributed by atoms with Crippen molar-refractivity contribution < 1.29 is 14.3 Å². The molecule has 1 aliphatic heterocycles. The van der Waals surface area contributed by atoms with Gasteiger partial charge in [0, 0.05) is 28.6 Å². The van der Waals surface area contributed by atoms with E-state index in [1.165, 1.54) is 9.78 Å². The van der Waals surface area contributed by atoms with Crippen LogP contribution in [0.4, 0.5) is 0 Å². The lowest BCUT2D eigenvalue weighted by molar-refractivity contribution is -0.135. The van der Waals surface area contributed by atoms with E-state index in [9.17, 15) is 9.59 Å². The van der Waals surface area contributed by atoms with Gasteiger partial charge in [0.15, 0.2) is 0 Å². The van der Waals surface area contributed by atoms with Gasteiger partial charge in [-0.05, 0) is 60.7 Å². The van der Waals surface area contributed by atoms with Crippen molar-refractivity contribution in [2.24, 2.45) is 0 Å². The van der Waals surface area contributed by atoms with Crippen LogP contribution in [0.2, 0.25) is 5.02 Å². The number of rotatable bonds is 8. The predicted octanol–water partition coefficient (Wildman–Crippen LogP) is 5.54. The van der Waals surface area contributed by atoms with Gasteiger partial charge in [0.25, 0.3) is 5.91 Å². The van der Waals surface area contributed by atoms with E-state index >= 15 is 0 Å². The lowest BCUT2D eigenvalue weighted by Gasteiger charge is -2.37. The van der Waals surface area contributed by atoms with Gasteiger partial charge in [-0.3, -0.25) is 9.59 Å². The zero-order valence-electron chi connectivity index (χ0n) is 19.1. The van der Waals surface area contributed by atoms with Crippen LogP contribution in [0.1, 0.15) is 32.4 Å². The zero-order chi connectivity index (χ0) is 24.1. The number of thiophene rings is 1. The van der Waals surface area contributed by atoms with Crippen molar-refractivity contribution in [3.63, 3.8) is 0 Å². The van der Waals surface area contributed by atoms with Crippen molar-refractivity contribution in [2.45, 2.75) is 19.4 Å². The molecule has 0 N–H and O–H groups in total. The maximum absolute atomic E-state index is 13.5. The minimum atomic E-state index is -0.253. The molecule has 7 heteroatoms. The molecule has 0 aliphatic carbocycles. The Morgan fingerprint density at radius 1 is 1.24 bits per heavy atom. The van der Waals surface area contributed by atoms with Gasteiger partial charge in [-0.25, -0.2) is 0 Å². The summed E-state index contributed by atoms with van der Waals surface area (Å²) in [5.74, 6) is 0.396. The highest BCUT2D eigenvalue weighted by Gasteiger charge is 2.33. The summed E-state index contributed by atoms with van der Waals surface area (Å²) in [5.41, 5.74) is 2.72. The van der Waals surface area contributed by atoms with Crippen LogP contribution >= 0.6 is 22.9 Å². The van der Waals surface area contributed by atoms with E-state index < -0.39 is 0 Å². The number of amides is 2. The second-order valence-corrected chi connectivity index (χ2v) is 9.70. The highest BCUT2D eigenvalue weighted by atomic mass is 35.5. The van der Waals surface area contributed by atoms with Crippen molar-refractivity contribution in [1.29, 1.82) is 0 Å². The largest absolute Gasteiger partial charge is 0.491 e. The lowest BCUT2D eigenvalue weighted by atomic mass is 10.0. The zero-order valence-corrected chi connectivity index (χ0v) is 20.6. The molecule has 4 rings (SSSR count).